The van der Waals surface area contributed by atoms with Gasteiger partial charge in [-0.25, -0.2) is 9.97 Å². The maximum atomic E-state index is 5.91. The van der Waals surface area contributed by atoms with Crippen molar-refractivity contribution in [2.75, 3.05) is 17.7 Å². The van der Waals surface area contributed by atoms with Gasteiger partial charge < -0.3 is 15.8 Å². The molecule has 2 rings (SSSR count). The second-order valence-electron chi connectivity index (χ2n) is 3.61. The highest BCUT2D eigenvalue weighted by molar-refractivity contribution is 5.66. The lowest BCUT2D eigenvalue weighted by molar-refractivity contribution is 0.328. The topological polar surface area (TPSA) is 115 Å². The van der Waals surface area contributed by atoms with Gasteiger partial charge in [0.05, 0.1) is 12.6 Å². The van der Waals surface area contributed by atoms with Crippen molar-refractivity contribution >= 4 is 11.5 Å². The molecule has 18 heavy (non-hydrogen) atoms. The number of H-pyrrole nitrogens is 1. The van der Waals surface area contributed by atoms with E-state index in [-0.39, 0.29) is 6.04 Å². The van der Waals surface area contributed by atoms with Gasteiger partial charge in [0.15, 0.2) is 5.82 Å². The Morgan fingerprint density at radius 2 is 2.22 bits per heavy atom. The molecule has 0 aliphatic heterocycles. The summed E-state index contributed by atoms with van der Waals surface area (Å²) >= 11 is 0. The van der Waals surface area contributed by atoms with E-state index in [1.807, 2.05) is 13.8 Å². The van der Waals surface area contributed by atoms with Crippen LogP contribution in [0.2, 0.25) is 0 Å². The molecule has 0 aliphatic carbocycles. The zero-order valence-corrected chi connectivity index (χ0v) is 10.2. The Bertz CT molecular complexity index is 499. The van der Waals surface area contributed by atoms with Crippen molar-refractivity contribution in [3.63, 3.8) is 0 Å². The summed E-state index contributed by atoms with van der Waals surface area (Å²) in [7, 11) is 0. The van der Waals surface area contributed by atoms with Gasteiger partial charge in [-0.1, -0.05) is 0 Å². The highest BCUT2D eigenvalue weighted by Gasteiger charge is 2.13. The van der Waals surface area contributed by atoms with E-state index in [2.05, 4.69) is 30.5 Å². The zero-order chi connectivity index (χ0) is 13.0. The second kappa shape index (κ2) is 5.30. The molecule has 0 spiro atoms. The molecular formula is C10H15N7O. The molecule has 1 unspecified atom stereocenters. The predicted octanol–water partition coefficient (Wildman–Crippen LogP) is 0.749. The van der Waals surface area contributed by atoms with E-state index in [9.17, 15) is 0 Å². The van der Waals surface area contributed by atoms with Crippen molar-refractivity contribution in [3.8, 4) is 5.88 Å². The van der Waals surface area contributed by atoms with Crippen LogP contribution >= 0.6 is 0 Å². The van der Waals surface area contributed by atoms with Gasteiger partial charge in [0, 0.05) is 0 Å². The third-order valence-corrected chi connectivity index (χ3v) is 2.33. The Balaban J connectivity index is 2.16. The number of rotatable bonds is 5. The van der Waals surface area contributed by atoms with E-state index in [0.29, 0.717) is 29.8 Å². The Kier molecular flexibility index (Phi) is 3.56. The molecule has 2 aromatic heterocycles. The van der Waals surface area contributed by atoms with E-state index in [1.54, 1.807) is 0 Å². The van der Waals surface area contributed by atoms with Gasteiger partial charge in [0.2, 0.25) is 5.88 Å². The normalized spacial score (nSPS) is 12.1. The van der Waals surface area contributed by atoms with Crippen LogP contribution in [0.4, 0.5) is 11.5 Å². The van der Waals surface area contributed by atoms with E-state index in [0.717, 1.165) is 0 Å². The number of hydrogen-bond acceptors (Lipinski definition) is 7. The molecule has 0 saturated carbocycles. The molecule has 0 amide bonds. The van der Waals surface area contributed by atoms with Crippen LogP contribution < -0.4 is 15.8 Å². The summed E-state index contributed by atoms with van der Waals surface area (Å²) in [4.78, 5) is 12.1. The Labute approximate surface area is 104 Å². The highest BCUT2D eigenvalue weighted by Crippen LogP contribution is 2.26. The summed E-state index contributed by atoms with van der Waals surface area (Å²) < 4.78 is 5.30. The SMILES string of the molecule is CCOc1ncnc(NC(C)c2ncn[nH]2)c1N. The van der Waals surface area contributed by atoms with Gasteiger partial charge in [-0.05, 0) is 13.8 Å². The summed E-state index contributed by atoms with van der Waals surface area (Å²) in [6, 6.07) is -0.0980. The number of aromatic nitrogens is 5. The zero-order valence-electron chi connectivity index (χ0n) is 10.2. The summed E-state index contributed by atoms with van der Waals surface area (Å²) in [6.07, 6.45) is 2.85. The number of nitrogens with one attached hydrogen (secondary N) is 2. The van der Waals surface area contributed by atoms with Gasteiger partial charge in [-0.3, -0.25) is 5.10 Å². The monoisotopic (exact) mass is 249 g/mol. The van der Waals surface area contributed by atoms with Crippen molar-refractivity contribution in [1.82, 2.24) is 25.1 Å². The van der Waals surface area contributed by atoms with Crippen LogP contribution in [0, 0.1) is 0 Å². The van der Waals surface area contributed by atoms with Gasteiger partial charge >= 0.3 is 0 Å². The van der Waals surface area contributed by atoms with Crippen molar-refractivity contribution in [3.05, 3.63) is 18.5 Å². The molecule has 0 bridgehead atoms. The van der Waals surface area contributed by atoms with Crippen LogP contribution in [0.25, 0.3) is 0 Å². The first-order valence-electron chi connectivity index (χ1n) is 5.57. The average molecular weight is 249 g/mol. The summed E-state index contributed by atoms with van der Waals surface area (Å²) in [5, 5.41) is 9.69. The van der Waals surface area contributed by atoms with Gasteiger partial charge in [0.1, 0.15) is 24.2 Å². The first-order valence-corrected chi connectivity index (χ1v) is 5.57. The summed E-state index contributed by atoms with van der Waals surface area (Å²) in [6.45, 7) is 4.28. The fourth-order valence-electron chi connectivity index (χ4n) is 1.44. The minimum atomic E-state index is -0.0980. The Morgan fingerprint density at radius 3 is 2.89 bits per heavy atom. The number of nitrogens with two attached hydrogens (primary N) is 1. The third-order valence-electron chi connectivity index (χ3n) is 2.33. The molecular weight excluding hydrogens is 234 g/mol. The predicted molar refractivity (Wildman–Crippen MR) is 66.0 cm³/mol. The van der Waals surface area contributed by atoms with E-state index < -0.39 is 0 Å². The quantitative estimate of drug-likeness (QED) is 0.716. The molecule has 8 nitrogen and oxygen atoms in total. The lowest BCUT2D eigenvalue weighted by atomic mass is 10.3. The van der Waals surface area contributed by atoms with Crippen LogP contribution in [-0.2, 0) is 0 Å². The number of nitrogen functional groups attached to an aromatic ring is 1. The smallest absolute Gasteiger partial charge is 0.242 e. The Morgan fingerprint density at radius 1 is 1.39 bits per heavy atom. The lowest BCUT2D eigenvalue weighted by Crippen LogP contribution is -2.12. The van der Waals surface area contributed by atoms with Crippen molar-refractivity contribution in [2.24, 2.45) is 0 Å². The molecule has 0 aliphatic rings. The van der Waals surface area contributed by atoms with E-state index >= 15 is 0 Å². The van der Waals surface area contributed by atoms with Crippen LogP contribution in [0.5, 0.6) is 5.88 Å². The molecule has 0 saturated heterocycles. The fraction of sp³-hybridized carbons (Fsp3) is 0.400. The van der Waals surface area contributed by atoms with Crippen molar-refractivity contribution in [1.29, 1.82) is 0 Å². The first-order chi connectivity index (χ1) is 8.72. The highest BCUT2D eigenvalue weighted by atomic mass is 16.5. The minimum Gasteiger partial charge on any atom is -0.476 e. The lowest BCUT2D eigenvalue weighted by Gasteiger charge is -2.14. The molecule has 8 heteroatoms. The largest absolute Gasteiger partial charge is 0.476 e. The molecule has 0 fully saturated rings. The number of nitrogens with zero attached hydrogens (tertiary/aromatic N) is 4. The van der Waals surface area contributed by atoms with Crippen molar-refractivity contribution < 1.29 is 4.74 Å². The standard InChI is InChI=1S/C10H15N7O/c1-3-18-10-7(11)9(12-4-14-10)16-6(2)8-13-5-15-17-8/h4-6H,3,11H2,1-2H3,(H,12,14,16)(H,13,15,17). The number of ether oxygens (including phenoxy) is 1. The Hall–Kier alpha value is -2.38. The average Bonchev–Trinajstić information content (AvgIpc) is 2.88. The third kappa shape index (κ3) is 2.47. The fourth-order valence-corrected chi connectivity index (χ4v) is 1.44. The molecule has 2 aromatic rings. The molecule has 4 N–H and O–H groups in total. The van der Waals surface area contributed by atoms with Gasteiger partial charge in [-0.2, -0.15) is 10.1 Å². The second-order valence-corrected chi connectivity index (χ2v) is 3.61. The number of hydrogen-bond donors (Lipinski definition) is 3. The molecule has 0 aromatic carbocycles. The number of aromatic amines is 1. The maximum absolute atomic E-state index is 5.91. The van der Waals surface area contributed by atoms with Crippen LogP contribution in [0.15, 0.2) is 12.7 Å². The molecule has 1 atom stereocenters. The van der Waals surface area contributed by atoms with Crippen LogP contribution in [-0.4, -0.2) is 31.8 Å². The van der Waals surface area contributed by atoms with Crippen LogP contribution in [0.1, 0.15) is 25.7 Å². The molecule has 0 radical (unpaired) electrons. The minimum absolute atomic E-state index is 0.0980. The molecule has 2 heterocycles. The summed E-state index contributed by atoms with van der Waals surface area (Å²) in [5.74, 6) is 1.59. The summed E-state index contributed by atoms with van der Waals surface area (Å²) in [5.41, 5.74) is 6.29. The number of anilines is 2. The maximum Gasteiger partial charge on any atom is 0.242 e. The van der Waals surface area contributed by atoms with E-state index in [1.165, 1.54) is 12.7 Å². The van der Waals surface area contributed by atoms with Gasteiger partial charge in [0.25, 0.3) is 0 Å². The van der Waals surface area contributed by atoms with Crippen LogP contribution in [0.3, 0.4) is 0 Å². The van der Waals surface area contributed by atoms with Crippen molar-refractivity contribution in [2.45, 2.75) is 19.9 Å². The van der Waals surface area contributed by atoms with Gasteiger partial charge in [-0.15, -0.1) is 0 Å². The van der Waals surface area contributed by atoms with E-state index in [4.69, 9.17) is 10.5 Å². The first kappa shape index (κ1) is 12.1. The molecule has 96 valence electrons.